The Labute approximate surface area is 75.3 Å². The Bertz CT molecular complexity index is 180. The van der Waals surface area contributed by atoms with Gasteiger partial charge in [-0.25, -0.2) is 0 Å². The van der Waals surface area contributed by atoms with Gasteiger partial charge in [-0.3, -0.25) is 9.59 Å². The molecule has 2 atom stereocenters. The van der Waals surface area contributed by atoms with E-state index in [2.05, 4.69) is 0 Å². The quantitative estimate of drug-likeness (QED) is 0.666. The number of carboxylic acids is 1. The second kappa shape index (κ2) is 5.03. The first-order valence-corrected chi connectivity index (χ1v) is 4.70. The lowest BCUT2D eigenvalue weighted by Crippen LogP contribution is -2.32. The number of carbonyl (C=O) groups is 2. The standard InChI is InChI=1S/C7H12O4S/c1-4(11-5(2)8)6(12-3)7(9)10/h4,6H,1-3H3,(H,9,10). The zero-order valence-corrected chi connectivity index (χ0v) is 8.05. The van der Waals surface area contributed by atoms with E-state index in [0.717, 1.165) is 11.8 Å². The van der Waals surface area contributed by atoms with Crippen molar-refractivity contribution >= 4 is 23.7 Å². The van der Waals surface area contributed by atoms with Crippen LogP contribution in [0, 0.1) is 0 Å². The van der Waals surface area contributed by atoms with Crippen LogP contribution in [-0.4, -0.2) is 34.7 Å². The summed E-state index contributed by atoms with van der Waals surface area (Å²) in [5.41, 5.74) is 0. The van der Waals surface area contributed by atoms with Crippen LogP contribution in [0.3, 0.4) is 0 Å². The van der Waals surface area contributed by atoms with Crippen molar-refractivity contribution in [3.05, 3.63) is 0 Å². The van der Waals surface area contributed by atoms with Crippen molar-refractivity contribution in [1.29, 1.82) is 0 Å². The van der Waals surface area contributed by atoms with Crippen LogP contribution in [0.15, 0.2) is 0 Å². The van der Waals surface area contributed by atoms with Crippen LogP contribution in [0.5, 0.6) is 0 Å². The number of hydrogen-bond acceptors (Lipinski definition) is 4. The fraction of sp³-hybridized carbons (Fsp3) is 0.714. The zero-order chi connectivity index (χ0) is 9.72. The normalized spacial score (nSPS) is 14.9. The fourth-order valence-corrected chi connectivity index (χ4v) is 1.46. The molecule has 12 heavy (non-hydrogen) atoms. The highest BCUT2D eigenvalue weighted by Crippen LogP contribution is 2.14. The topological polar surface area (TPSA) is 63.6 Å². The summed E-state index contributed by atoms with van der Waals surface area (Å²) in [6.07, 6.45) is 1.08. The highest BCUT2D eigenvalue weighted by Gasteiger charge is 2.25. The number of hydrogen-bond donors (Lipinski definition) is 1. The Morgan fingerprint density at radius 1 is 1.50 bits per heavy atom. The molecule has 0 aromatic carbocycles. The highest BCUT2D eigenvalue weighted by atomic mass is 32.2. The number of carboxylic acid groups (broad SMARTS) is 1. The smallest absolute Gasteiger partial charge is 0.320 e. The maximum absolute atomic E-state index is 10.5. The van der Waals surface area contributed by atoms with E-state index < -0.39 is 23.3 Å². The van der Waals surface area contributed by atoms with Crippen LogP contribution in [-0.2, 0) is 14.3 Å². The molecule has 0 aliphatic carbocycles. The SMILES string of the molecule is CSC(C(=O)O)C(C)OC(C)=O. The van der Waals surface area contributed by atoms with E-state index >= 15 is 0 Å². The summed E-state index contributed by atoms with van der Waals surface area (Å²) in [4.78, 5) is 21.0. The van der Waals surface area contributed by atoms with Crippen LogP contribution in [0.25, 0.3) is 0 Å². The van der Waals surface area contributed by atoms with Crippen LogP contribution in [0.1, 0.15) is 13.8 Å². The third-order valence-electron chi connectivity index (χ3n) is 1.28. The summed E-state index contributed by atoms with van der Waals surface area (Å²) in [6.45, 7) is 2.83. The van der Waals surface area contributed by atoms with Gasteiger partial charge in [0.05, 0.1) is 0 Å². The van der Waals surface area contributed by atoms with E-state index in [0.29, 0.717) is 0 Å². The van der Waals surface area contributed by atoms with Gasteiger partial charge in [0, 0.05) is 6.92 Å². The summed E-state index contributed by atoms with van der Waals surface area (Å²) in [5, 5.41) is 7.96. The average molecular weight is 192 g/mol. The number of ether oxygens (including phenoxy) is 1. The number of rotatable bonds is 4. The first kappa shape index (κ1) is 11.3. The van der Waals surface area contributed by atoms with Gasteiger partial charge in [-0.05, 0) is 13.2 Å². The molecule has 5 heteroatoms. The van der Waals surface area contributed by atoms with Crippen LogP contribution in [0.2, 0.25) is 0 Å². The Morgan fingerprint density at radius 2 is 2.00 bits per heavy atom. The first-order chi connectivity index (χ1) is 5.49. The summed E-state index contributed by atoms with van der Waals surface area (Å²) in [7, 11) is 0. The Kier molecular flexibility index (Phi) is 4.73. The molecular weight excluding hydrogens is 180 g/mol. The molecule has 0 amide bonds. The Morgan fingerprint density at radius 3 is 2.25 bits per heavy atom. The van der Waals surface area contributed by atoms with Gasteiger partial charge >= 0.3 is 11.9 Å². The first-order valence-electron chi connectivity index (χ1n) is 3.41. The van der Waals surface area contributed by atoms with Crippen molar-refractivity contribution in [2.45, 2.75) is 25.2 Å². The predicted octanol–water partition coefficient (Wildman–Crippen LogP) is 0.754. The van der Waals surface area contributed by atoms with Crippen molar-refractivity contribution in [2.75, 3.05) is 6.26 Å². The molecule has 0 aliphatic rings. The molecule has 70 valence electrons. The van der Waals surface area contributed by atoms with E-state index in [1.807, 2.05) is 0 Å². The van der Waals surface area contributed by atoms with Gasteiger partial charge in [0.2, 0.25) is 0 Å². The van der Waals surface area contributed by atoms with Gasteiger partial charge < -0.3 is 9.84 Å². The minimum Gasteiger partial charge on any atom is -0.480 e. The van der Waals surface area contributed by atoms with E-state index in [1.54, 1.807) is 13.2 Å². The van der Waals surface area contributed by atoms with Gasteiger partial charge in [0.25, 0.3) is 0 Å². The van der Waals surface area contributed by atoms with Crippen LogP contribution < -0.4 is 0 Å². The minimum absolute atomic E-state index is 0.456. The molecule has 0 aromatic heterocycles. The summed E-state index contributed by atoms with van der Waals surface area (Å²) in [6, 6.07) is 0. The molecule has 0 radical (unpaired) electrons. The Balaban J connectivity index is 4.11. The monoisotopic (exact) mass is 192 g/mol. The molecule has 0 aromatic rings. The second-order valence-electron chi connectivity index (χ2n) is 2.31. The van der Waals surface area contributed by atoms with E-state index in [-0.39, 0.29) is 0 Å². The molecule has 0 spiro atoms. The molecular formula is C7H12O4S. The van der Waals surface area contributed by atoms with Gasteiger partial charge in [-0.2, -0.15) is 0 Å². The van der Waals surface area contributed by atoms with Gasteiger partial charge in [0.1, 0.15) is 11.4 Å². The summed E-state index contributed by atoms with van der Waals surface area (Å²) < 4.78 is 4.72. The zero-order valence-electron chi connectivity index (χ0n) is 7.23. The number of thioether (sulfide) groups is 1. The van der Waals surface area contributed by atoms with E-state index in [1.165, 1.54) is 6.92 Å². The average Bonchev–Trinajstić information content (AvgIpc) is 1.85. The van der Waals surface area contributed by atoms with Crippen molar-refractivity contribution in [2.24, 2.45) is 0 Å². The Hall–Kier alpha value is -0.710. The summed E-state index contributed by atoms with van der Waals surface area (Å²) >= 11 is 1.15. The maximum atomic E-state index is 10.5. The maximum Gasteiger partial charge on any atom is 0.320 e. The van der Waals surface area contributed by atoms with Crippen LogP contribution in [0.4, 0.5) is 0 Å². The van der Waals surface area contributed by atoms with Gasteiger partial charge in [0.15, 0.2) is 0 Å². The van der Waals surface area contributed by atoms with E-state index in [9.17, 15) is 9.59 Å². The molecule has 2 unspecified atom stereocenters. The van der Waals surface area contributed by atoms with Gasteiger partial charge in [-0.1, -0.05) is 0 Å². The second-order valence-corrected chi connectivity index (χ2v) is 3.29. The fourth-order valence-electron chi connectivity index (χ4n) is 0.817. The summed E-state index contributed by atoms with van der Waals surface area (Å²) in [5.74, 6) is -1.42. The molecule has 0 saturated heterocycles. The molecule has 0 bridgehead atoms. The van der Waals surface area contributed by atoms with Crippen molar-refractivity contribution < 1.29 is 19.4 Å². The van der Waals surface area contributed by atoms with Crippen molar-refractivity contribution in [3.63, 3.8) is 0 Å². The van der Waals surface area contributed by atoms with Crippen molar-refractivity contribution in [3.8, 4) is 0 Å². The van der Waals surface area contributed by atoms with E-state index in [4.69, 9.17) is 9.84 Å². The molecule has 0 heterocycles. The largest absolute Gasteiger partial charge is 0.480 e. The predicted molar refractivity (Wildman–Crippen MR) is 46.2 cm³/mol. The number of esters is 1. The molecule has 0 saturated carbocycles. The highest BCUT2D eigenvalue weighted by molar-refractivity contribution is 7.99. The third kappa shape index (κ3) is 3.61. The third-order valence-corrected chi connectivity index (χ3v) is 2.37. The molecule has 1 N–H and O–H groups in total. The lowest BCUT2D eigenvalue weighted by molar-refractivity contribution is -0.148. The molecule has 0 fully saturated rings. The van der Waals surface area contributed by atoms with Crippen LogP contribution >= 0.6 is 11.8 Å². The van der Waals surface area contributed by atoms with Gasteiger partial charge in [-0.15, -0.1) is 11.8 Å². The lowest BCUT2D eigenvalue weighted by atomic mass is 10.3. The molecule has 0 rings (SSSR count). The van der Waals surface area contributed by atoms with Crippen molar-refractivity contribution in [1.82, 2.24) is 0 Å². The lowest BCUT2D eigenvalue weighted by Gasteiger charge is -2.17. The molecule has 0 aliphatic heterocycles. The molecule has 4 nitrogen and oxygen atoms in total. The minimum atomic E-state index is -0.962. The number of aliphatic carboxylic acids is 1. The number of carbonyl (C=O) groups excluding carboxylic acids is 1.